The molecule has 0 unspecified atom stereocenters. The number of carboxylic acid groups (broad SMARTS) is 1. The zero-order valence-electron chi connectivity index (χ0n) is 12.0. The lowest BCUT2D eigenvalue weighted by Gasteiger charge is -2.37. The minimum absolute atomic E-state index is 0.0831. The van der Waals surface area contributed by atoms with Crippen LogP contribution in [-0.4, -0.2) is 39.8 Å². The van der Waals surface area contributed by atoms with Gasteiger partial charge in [0.25, 0.3) is 0 Å². The van der Waals surface area contributed by atoms with Crippen molar-refractivity contribution >= 4 is 5.97 Å². The first-order chi connectivity index (χ1) is 9.61. The van der Waals surface area contributed by atoms with Gasteiger partial charge in [-0.15, -0.1) is 0 Å². The number of hydrogen-bond acceptors (Lipinski definition) is 3. The summed E-state index contributed by atoms with van der Waals surface area (Å²) in [6, 6.07) is 7.04. The Morgan fingerprint density at radius 1 is 1.35 bits per heavy atom. The van der Waals surface area contributed by atoms with E-state index < -0.39 is 5.97 Å². The minimum atomic E-state index is -0.895. The molecule has 1 heterocycles. The Labute approximate surface area is 120 Å². The summed E-state index contributed by atoms with van der Waals surface area (Å²) in [6.45, 7) is 4.13. The van der Waals surface area contributed by atoms with E-state index in [1.54, 1.807) is 12.1 Å². The fourth-order valence-corrected chi connectivity index (χ4v) is 3.22. The van der Waals surface area contributed by atoms with Crippen molar-refractivity contribution in [1.29, 1.82) is 0 Å². The third kappa shape index (κ3) is 3.02. The molecular weight excluding hydrogens is 254 g/mol. The molecule has 4 heteroatoms. The van der Waals surface area contributed by atoms with E-state index in [4.69, 9.17) is 5.11 Å². The summed E-state index contributed by atoms with van der Waals surface area (Å²) in [5, 5.41) is 18.7. The van der Waals surface area contributed by atoms with Gasteiger partial charge in [0.1, 0.15) is 0 Å². The second-order valence-electron chi connectivity index (χ2n) is 5.66. The van der Waals surface area contributed by atoms with Crippen molar-refractivity contribution < 1.29 is 15.0 Å². The molecule has 0 spiro atoms. The van der Waals surface area contributed by atoms with Crippen LogP contribution in [0.3, 0.4) is 0 Å². The summed E-state index contributed by atoms with van der Waals surface area (Å²) in [7, 11) is 0. The first-order valence-corrected chi connectivity index (χ1v) is 7.29. The molecule has 110 valence electrons. The zero-order valence-corrected chi connectivity index (χ0v) is 12.0. The standard InChI is InChI=1S/C16H23NO3/c1-2-8-16(12-18)9-3-10-17(16)11-13-4-6-14(7-5-13)15(19)20/h4-7,18H,2-3,8-12H2,1H3,(H,19,20)/t16-/m1/s1. The molecular formula is C16H23NO3. The van der Waals surface area contributed by atoms with Gasteiger partial charge < -0.3 is 10.2 Å². The molecule has 0 aromatic heterocycles. The molecule has 1 saturated heterocycles. The summed E-state index contributed by atoms with van der Waals surface area (Å²) in [4.78, 5) is 13.2. The summed E-state index contributed by atoms with van der Waals surface area (Å²) >= 11 is 0. The van der Waals surface area contributed by atoms with Crippen LogP contribution in [-0.2, 0) is 6.54 Å². The molecule has 1 aromatic carbocycles. The van der Waals surface area contributed by atoms with E-state index in [-0.39, 0.29) is 12.1 Å². The number of aliphatic hydroxyl groups excluding tert-OH is 1. The third-order valence-electron chi connectivity index (χ3n) is 4.32. The number of carbonyl (C=O) groups is 1. The molecule has 0 radical (unpaired) electrons. The zero-order chi connectivity index (χ0) is 14.6. The molecule has 0 bridgehead atoms. The lowest BCUT2D eigenvalue weighted by molar-refractivity contribution is 0.0502. The van der Waals surface area contributed by atoms with E-state index in [0.29, 0.717) is 5.56 Å². The van der Waals surface area contributed by atoms with Crippen LogP contribution in [0.5, 0.6) is 0 Å². The SMILES string of the molecule is CCC[C@]1(CO)CCCN1Cc1ccc(C(=O)O)cc1. The molecule has 20 heavy (non-hydrogen) atoms. The van der Waals surface area contributed by atoms with Crippen LogP contribution in [0.25, 0.3) is 0 Å². The lowest BCUT2D eigenvalue weighted by Crippen LogP contribution is -2.46. The number of likely N-dealkylation sites (tertiary alicyclic amines) is 1. The Balaban J connectivity index is 2.10. The average molecular weight is 277 g/mol. The molecule has 1 aliphatic heterocycles. The van der Waals surface area contributed by atoms with E-state index in [2.05, 4.69) is 11.8 Å². The van der Waals surface area contributed by atoms with Gasteiger partial charge in [0.15, 0.2) is 0 Å². The van der Waals surface area contributed by atoms with E-state index in [1.165, 1.54) is 0 Å². The highest BCUT2D eigenvalue weighted by molar-refractivity contribution is 5.87. The number of benzene rings is 1. The van der Waals surface area contributed by atoms with Crippen molar-refractivity contribution in [2.24, 2.45) is 0 Å². The second-order valence-corrected chi connectivity index (χ2v) is 5.66. The maximum absolute atomic E-state index is 10.8. The van der Waals surface area contributed by atoms with Crippen molar-refractivity contribution in [1.82, 2.24) is 4.90 Å². The van der Waals surface area contributed by atoms with Crippen molar-refractivity contribution in [2.75, 3.05) is 13.2 Å². The lowest BCUT2D eigenvalue weighted by atomic mass is 9.91. The van der Waals surface area contributed by atoms with Gasteiger partial charge in [0.05, 0.1) is 12.2 Å². The molecule has 2 N–H and O–H groups in total. The maximum Gasteiger partial charge on any atom is 0.335 e. The monoisotopic (exact) mass is 277 g/mol. The highest BCUT2D eigenvalue weighted by Crippen LogP contribution is 2.34. The molecule has 0 aliphatic carbocycles. The normalized spacial score (nSPS) is 23.1. The van der Waals surface area contributed by atoms with Gasteiger partial charge in [0, 0.05) is 12.1 Å². The number of aliphatic hydroxyl groups is 1. The fraction of sp³-hybridized carbons (Fsp3) is 0.562. The van der Waals surface area contributed by atoms with E-state index >= 15 is 0 Å². The van der Waals surface area contributed by atoms with Crippen LogP contribution in [0.1, 0.15) is 48.5 Å². The smallest absolute Gasteiger partial charge is 0.335 e. The predicted molar refractivity (Wildman–Crippen MR) is 77.8 cm³/mol. The number of carboxylic acids is 1. The van der Waals surface area contributed by atoms with E-state index in [9.17, 15) is 9.90 Å². The van der Waals surface area contributed by atoms with Crippen LogP contribution in [0, 0.1) is 0 Å². The van der Waals surface area contributed by atoms with Crippen LogP contribution < -0.4 is 0 Å². The van der Waals surface area contributed by atoms with Crippen molar-refractivity contribution in [3.63, 3.8) is 0 Å². The Bertz CT molecular complexity index is 457. The first-order valence-electron chi connectivity index (χ1n) is 7.29. The van der Waals surface area contributed by atoms with E-state index in [0.717, 1.165) is 44.3 Å². The number of nitrogens with zero attached hydrogens (tertiary/aromatic N) is 1. The molecule has 1 aliphatic rings. The van der Waals surface area contributed by atoms with E-state index in [1.807, 2.05) is 12.1 Å². The highest BCUT2D eigenvalue weighted by atomic mass is 16.4. The van der Waals surface area contributed by atoms with Crippen LogP contribution in [0.2, 0.25) is 0 Å². The largest absolute Gasteiger partial charge is 0.478 e. The van der Waals surface area contributed by atoms with Crippen molar-refractivity contribution in [2.45, 2.75) is 44.7 Å². The predicted octanol–water partition coefficient (Wildman–Crippen LogP) is 2.51. The van der Waals surface area contributed by atoms with Crippen molar-refractivity contribution in [3.05, 3.63) is 35.4 Å². The molecule has 1 atom stereocenters. The summed E-state index contributed by atoms with van der Waals surface area (Å²) in [5.74, 6) is -0.895. The van der Waals surface area contributed by atoms with Gasteiger partial charge >= 0.3 is 5.97 Å². The molecule has 0 saturated carbocycles. The third-order valence-corrected chi connectivity index (χ3v) is 4.32. The fourth-order valence-electron chi connectivity index (χ4n) is 3.22. The number of rotatable bonds is 6. The van der Waals surface area contributed by atoms with Crippen molar-refractivity contribution in [3.8, 4) is 0 Å². The quantitative estimate of drug-likeness (QED) is 0.838. The average Bonchev–Trinajstić information content (AvgIpc) is 2.83. The molecule has 2 rings (SSSR count). The molecule has 1 fully saturated rings. The maximum atomic E-state index is 10.8. The number of aromatic carboxylic acids is 1. The Morgan fingerprint density at radius 3 is 2.60 bits per heavy atom. The molecule has 4 nitrogen and oxygen atoms in total. The highest BCUT2D eigenvalue weighted by Gasteiger charge is 2.39. The van der Waals surface area contributed by atoms with Gasteiger partial charge in [-0.25, -0.2) is 4.79 Å². The van der Waals surface area contributed by atoms with Gasteiger partial charge in [-0.05, 0) is 43.5 Å². The molecule has 1 aromatic rings. The Morgan fingerprint density at radius 2 is 2.05 bits per heavy atom. The van der Waals surface area contributed by atoms with Crippen LogP contribution in [0.15, 0.2) is 24.3 Å². The van der Waals surface area contributed by atoms with Gasteiger partial charge in [-0.2, -0.15) is 0 Å². The molecule has 0 amide bonds. The van der Waals surface area contributed by atoms with Gasteiger partial charge in [-0.3, -0.25) is 4.90 Å². The minimum Gasteiger partial charge on any atom is -0.478 e. The van der Waals surface area contributed by atoms with Crippen LogP contribution >= 0.6 is 0 Å². The Kier molecular flexibility index (Phi) is 4.78. The van der Waals surface area contributed by atoms with Gasteiger partial charge in [0.2, 0.25) is 0 Å². The summed E-state index contributed by atoms with van der Waals surface area (Å²) in [5.41, 5.74) is 1.34. The van der Waals surface area contributed by atoms with Crippen LogP contribution in [0.4, 0.5) is 0 Å². The topological polar surface area (TPSA) is 60.8 Å². The Hall–Kier alpha value is -1.39. The summed E-state index contributed by atoms with van der Waals surface area (Å²) in [6.07, 6.45) is 4.24. The number of hydrogen-bond donors (Lipinski definition) is 2. The summed E-state index contributed by atoms with van der Waals surface area (Å²) < 4.78 is 0. The van der Waals surface area contributed by atoms with Gasteiger partial charge in [-0.1, -0.05) is 25.5 Å². The second kappa shape index (κ2) is 6.37. The first kappa shape index (κ1) is 15.0.